The van der Waals surface area contributed by atoms with Crippen LogP contribution in [0, 0.1) is 5.92 Å². The van der Waals surface area contributed by atoms with E-state index in [1.54, 1.807) is 0 Å². The Kier molecular flexibility index (Phi) is 6.68. The second-order valence-electron chi connectivity index (χ2n) is 9.15. The minimum Gasteiger partial charge on any atom is -0.489 e. The fourth-order valence-electron chi connectivity index (χ4n) is 4.50. The number of anilines is 1. The summed E-state index contributed by atoms with van der Waals surface area (Å²) in [4.78, 5) is 15.0. The zero-order valence-electron chi connectivity index (χ0n) is 18.7. The van der Waals surface area contributed by atoms with Crippen LogP contribution in [0.3, 0.4) is 0 Å². The molecule has 4 nitrogen and oxygen atoms in total. The van der Waals surface area contributed by atoms with E-state index in [0.29, 0.717) is 18.9 Å². The third-order valence-corrected chi connectivity index (χ3v) is 6.94. The maximum Gasteiger partial charge on any atom is 0.220 e. The van der Waals surface area contributed by atoms with Crippen molar-refractivity contribution in [3.63, 3.8) is 0 Å². The summed E-state index contributed by atoms with van der Waals surface area (Å²) in [5.41, 5.74) is 4.83. The van der Waals surface area contributed by atoms with E-state index in [4.69, 9.17) is 4.74 Å². The van der Waals surface area contributed by atoms with E-state index in [9.17, 15) is 4.79 Å². The molecule has 5 rings (SSSR count). The van der Waals surface area contributed by atoms with Crippen LogP contribution in [-0.4, -0.2) is 19.0 Å². The lowest BCUT2D eigenvalue weighted by Crippen LogP contribution is -2.28. The van der Waals surface area contributed by atoms with Crippen molar-refractivity contribution < 1.29 is 9.53 Å². The summed E-state index contributed by atoms with van der Waals surface area (Å²) in [5.74, 6) is 1.94. The Labute approximate surface area is 204 Å². The Bertz CT molecular complexity index is 1110. The molecule has 1 aliphatic carbocycles. The van der Waals surface area contributed by atoms with Gasteiger partial charge in [-0.05, 0) is 65.8 Å². The van der Waals surface area contributed by atoms with Crippen LogP contribution in [0.4, 0.5) is 5.69 Å². The van der Waals surface area contributed by atoms with Gasteiger partial charge in [-0.3, -0.25) is 4.79 Å². The van der Waals surface area contributed by atoms with Gasteiger partial charge in [0.2, 0.25) is 5.91 Å². The number of fused-ring (bicyclic) bond motifs is 1. The molecule has 1 saturated carbocycles. The van der Waals surface area contributed by atoms with Crippen molar-refractivity contribution in [3.05, 3.63) is 94.0 Å². The summed E-state index contributed by atoms with van der Waals surface area (Å²) in [5, 5.41) is 3.13. The van der Waals surface area contributed by atoms with Crippen LogP contribution >= 0.6 is 15.9 Å². The molecule has 3 aromatic carbocycles. The second kappa shape index (κ2) is 10.0. The number of nitrogens with zero attached hydrogens (tertiary/aromatic N) is 1. The Hall–Kier alpha value is -2.79. The van der Waals surface area contributed by atoms with Crippen molar-refractivity contribution in [3.8, 4) is 5.75 Å². The number of hydrogen-bond donors (Lipinski definition) is 1. The number of hydrogen-bond acceptors (Lipinski definition) is 3. The van der Waals surface area contributed by atoms with Gasteiger partial charge < -0.3 is 15.0 Å². The third-order valence-electron chi connectivity index (χ3n) is 6.45. The molecule has 1 aliphatic heterocycles. The molecule has 33 heavy (non-hydrogen) atoms. The maximum absolute atomic E-state index is 12.6. The molecule has 0 bridgehead atoms. The van der Waals surface area contributed by atoms with Crippen LogP contribution in [0.1, 0.15) is 41.9 Å². The number of rotatable bonds is 9. The zero-order valence-corrected chi connectivity index (χ0v) is 20.3. The summed E-state index contributed by atoms with van der Waals surface area (Å²) < 4.78 is 7.09. The lowest BCUT2D eigenvalue weighted by atomic mass is 9.97. The molecule has 2 aliphatic rings. The van der Waals surface area contributed by atoms with E-state index in [2.05, 4.69) is 74.7 Å². The van der Waals surface area contributed by atoms with Gasteiger partial charge in [0.15, 0.2) is 0 Å². The Morgan fingerprint density at radius 2 is 1.82 bits per heavy atom. The molecule has 1 unspecified atom stereocenters. The molecule has 5 heteroatoms. The van der Waals surface area contributed by atoms with Gasteiger partial charge in [0.05, 0.1) is 0 Å². The highest BCUT2D eigenvalue weighted by Gasteiger charge is 2.31. The summed E-state index contributed by atoms with van der Waals surface area (Å²) in [6.45, 7) is 3.02. The lowest BCUT2D eigenvalue weighted by molar-refractivity contribution is -0.121. The molecule has 0 radical (unpaired) electrons. The number of halogens is 1. The highest BCUT2D eigenvalue weighted by Crippen LogP contribution is 2.40. The number of carbonyl (C=O) groups excluding carboxylic acids is 1. The first-order chi connectivity index (χ1) is 16.1. The van der Waals surface area contributed by atoms with E-state index in [1.807, 2.05) is 24.3 Å². The number of benzene rings is 3. The van der Waals surface area contributed by atoms with E-state index < -0.39 is 0 Å². The second-order valence-corrected chi connectivity index (χ2v) is 10.1. The minimum atomic E-state index is 0.163. The fourth-order valence-corrected chi connectivity index (χ4v) is 4.88. The van der Waals surface area contributed by atoms with Crippen LogP contribution in [0.2, 0.25) is 0 Å². The van der Waals surface area contributed by atoms with Crippen molar-refractivity contribution in [1.82, 2.24) is 5.32 Å². The van der Waals surface area contributed by atoms with Gasteiger partial charge >= 0.3 is 0 Å². The molecule has 0 aromatic heterocycles. The maximum atomic E-state index is 12.6. The monoisotopic (exact) mass is 504 g/mol. The standard InChI is InChI=1S/C28H29BrN2O2/c29-24-11-12-27-26(15-24)23(14-28(32)30-16-20-9-10-20)18-31(27)17-22-7-4-8-25(13-22)33-19-21-5-2-1-3-6-21/h1-8,11-13,15,20,23H,9-10,14,16-19H2,(H,30,32). The van der Waals surface area contributed by atoms with Gasteiger partial charge in [-0.1, -0.05) is 58.4 Å². The molecule has 1 N–H and O–H groups in total. The predicted octanol–water partition coefficient (Wildman–Crippen LogP) is 6.05. The van der Waals surface area contributed by atoms with Crippen molar-refractivity contribution in [1.29, 1.82) is 0 Å². The van der Waals surface area contributed by atoms with Crippen molar-refractivity contribution in [2.45, 2.75) is 38.3 Å². The molecule has 1 atom stereocenters. The smallest absolute Gasteiger partial charge is 0.220 e. The number of amides is 1. The van der Waals surface area contributed by atoms with Gasteiger partial charge in [-0.25, -0.2) is 0 Å². The van der Waals surface area contributed by atoms with Crippen molar-refractivity contribution in [2.75, 3.05) is 18.0 Å². The zero-order chi connectivity index (χ0) is 22.6. The topological polar surface area (TPSA) is 41.6 Å². The Morgan fingerprint density at radius 1 is 1.00 bits per heavy atom. The Morgan fingerprint density at radius 3 is 2.64 bits per heavy atom. The summed E-state index contributed by atoms with van der Waals surface area (Å²) in [7, 11) is 0. The summed E-state index contributed by atoms with van der Waals surface area (Å²) >= 11 is 3.61. The van der Waals surface area contributed by atoms with E-state index in [-0.39, 0.29) is 11.8 Å². The molecule has 3 aromatic rings. The highest BCUT2D eigenvalue weighted by molar-refractivity contribution is 9.10. The number of nitrogens with one attached hydrogen (secondary N) is 1. The molecule has 0 saturated heterocycles. The Balaban J connectivity index is 1.26. The first-order valence-electron chi connectivity index (χ1n) is 11.7. The first-order valence-corrected chi connectivity index (χ1v) is 12.5. The number of ether oxygens (including phenoxy) is 1. The number of carbonyl (C=O) groups is 1. The van der Waals surface area contributed by atoms with Gasteiger partial charge in [0.1, 0.15) is 12.4 Å². The van der Waals surface area contributed by atoms with Gasteiger partial charge in [0, 0.05) is 42.1 Å². The van der Waals surface area contributed by atoms with E-state index in [1.165, 1.54) is 29.7 Å². The highest BCUT2D eigenvalue weighted by atomic mass is 79.9. The molecule has 0 spiro atoms. The van der Waals surface area contributed by atoms with Crippen LogP contribution < -0.4 is 15.0 Å². The average molecular weight is 505 g/mol. The largest absolute Gasteiger partial charge is 0.489 e. The van der Waals surface area contributed by atoms with Crippen LogP contribution in [0.25, 0.3) is 0 Å². The minimum absolute atomic E-state index is 0.163. The molecule has 1 amide bonds. The molecular weight excluding hydrogens is 476 g/mol. The van der Waals surface area contributed by atoms with Crippen molar-refractivity contribution >= 4 is 27.5 Å². The van der Waals surface area contributed by atoms with Gasteiger partial charge in [-0.2, -0.15) is 0 Å². The fraction of sp³-hybridized carbons (Fsp3) is 0.321. The third kappa shape index (κ3) is 5.77. The SMILES string of the molecule is O=C(CC1CN(Cc2cccc(OCc3ccccc3)c2)c2ccc(Br)cc21)NCC1CC1. The molecule has 1 fully saturated rings. The predicted molar refractivity (Wildman–Crippen MR) is 135 cm³/mol. The quantitative estimate of drug-likeness (QED) is 0.385. The van der Waals surface area contributed by atoms with E-state index in [0.717, 1.165) is 35.4 Å². The van der Waals surface area contributed by atoms with Gasteiger partial charge in [-0.15, -0.1) is 0 Å². The van der Waals surface area contributed by atoms with Crippen LogP contribution in [0.5, 0.6) is 5.75 Å². The average Bonchev–Trinajstić information content (AvgIpc) is 3.61. The molecule has 170 valence electrons. The normalized spacial score (nSPS) is 17.0. The molecular formula is C28H29BrN2O2. The summed E-state index contributed by atoms with van der Waals surface area (Å²) in [6, 6.07) is 25.0. The van der Waals surface area contributed by atoms with E-state index >= 15 is 0 Å². The first kappa shape index (κ1) is 22.0. The van der Waals surface area contributed by atoms with Crippen LogP contribution in [-0.2, 0) is 17.9 Å². The molecule has 1 heterocycles. The van der Waals surface area contributed by atoms with Crippen LogP contribution in [0.15, 0.2) is 77.3 Å². The lowest BCUT2D eigenvalue weighted by Gasteiger charge is -2.20. The van der Waals surface area contributed by atoms with Gasteiger partial charge in [0.25, 0.3) is 0 Å². The van der Waals surface area contributed by atoms with Crippen molar-refractivity contribution in [2.24, 2.45) is 5.92 Å². The summed E-state index contributed by atoms with van der Waals surface area (Å²) in [6.07, 6.45) is 3.04.